The molecule has 0 aromatic carbocycles. The number of carbonyl (C=O) groups excluding carboxylic acids is 1. The molecule has 7 nitrogen and oxygen atoms in total. The summed E-state index contributed by atoms with van der Waals surface area (Å²) in [6.07, 6.45) is 2.43. The van der Waals surface area contributed by atoms with Gasteiger partial charge >= 0.3 is 0 Å². The molecule has 0 atom stereocenters. The van der Waals surface area contributed by atoms with Gasteiger partial charge in [-0.25, -0.2) is 14.5 Å². The van der Waals surface area contributed by atoms with E-state index in [0.717, 1.165) is 28.3 Å². The van der Waals surface area contributed by atoms with E-state index < -0.39 is 5.41 Å². The van der Waals surface area contributed by atoms with Crippen LogP contribution in [0.15, 0.2) is 18.3 Å². The number of amides is 1. The van der Waals surface area contributed by atoms with E-state index in [4.69, 9.17) is 9.72 Å². The molecule has 0 saturated heterocycles. The van der Waals surface area contributed by atoms with Crippen LogP contribution in [0.2, 0.25) is 0 Å². The topological polar surface area (TPSA) is 84.3 Å². The Kier molecular flexibility index (Phi) is 4.95. The van der Waals surface area contributed by atoms with Crippen LogP contribution < -0.4 is 10.1 Å². The van der Waals surface area contributed by atoms with E-state index >= 15 is 0 Å². The number of fused-ring (bicyclic) bond motifs is 1. The predicted molar refractivity (Wildman–Crippen MR) is 104 cm³/mol. The number of pyridine rings is 1. The minimum Gasteiger partial charge on any atom is -0.433 e. The van der Waals surface area contributed by atoms with Crippen molar-refractivity contribution >= 4 is 11.6 Å². The molecule has 144 valence electrons. The Morgan fingerprint density at radius 1 is 1.26 bits per heavy atom. The Labute approximate surface area is 159 Å². The molecule has 1 amide bonds. The second kappa shape index (κ2) is 7.06. The molecule has 7 heteroatoms. The zero-order chi connectivity index (χ0) is 19.8. The second-order valence-corrected chi connectivity index (χ2v) is 7.90. The number of nitrogens with zero attached hydrogens (tertiary/aromatic N) is 3. The molecule has 0 saturated carbocycles. The summed E-state index contributed by atoms with van der Waals surface area (Å²) in [6, 6.07) is 3.80. The van der Waals surface area contributed by atoms with Gasteiger partial charge in [-0.15, -0.1) is 0 Å². The van der Waals surface area contributed by atoms with Gasteiger partial charge in [0.15, 0.2) is 11.4 Å². The summed E-state index contributed by atoms with van der Waals surface area (Å²) in [5.74, 6) is 1.24. The summed E-state index contributed by atoms with van der Waals surface area (Å²) in [6.45, 7) is 12.2. The van der Waals surface area contributed by atoms with Gasteiger partial charge in [0.25, 0.3) is 0 Å². The molecular formula is C20H27N5O2. The number of H-pyrrole nitrogens is 1. The molecule has 0 aliphatic heterocycles. The standard InChI is InChI=1S/C20H27N5O2/c1-12-7-8-16(22-11-12)27-17-13(2)24-25-14(3)15(23-18(17)25)9-10-21-19(26)20(4,5)6/h7-8,11,24H,9-10H2,1-6H3,(H,21,26). The third-order valence-corrected chi connectivity index (χ3v) is 4.45. The van der Waals surface area contributed by atoms with Crippen LogP contribution in [-0.2, 0) is 11.2 Å². The number of rotatable bonds is 5. The average Bonchev–Trinajstić information content (AvgIpc) is 3.06. The lowest BCUT2D eigenvalue weighted by molar-refractivity contribution is -0.128. The van der Waals surface area contributed by atoms with E-state index in [9.17, 15) is 4.79 Å². The number of hydrogen-bond donors (Lipinski definition) is 2. The molecule has 0 radical (unpaired) electrons. The molecule has 0 spiro atoms. The van der Waals surface area contributed by atoms with Gasteiger partial charge in [0.2, 0.25) is 11.8 Å². The van der Waals surface area contributed by atoms with E-state index in [2.05, 4.69) is 15.4 Å². The van der Waals surface area contributed by atoms with Crippen LogP contribution in [0, 0.1) is 26.2 Å². The highest BCUT2D eigenvalue weighted by Crippen LogP contribution is 2.29. The van der Waals surface area contributed by atoms with Gasteiger partial charge in [0.05, 0.1) is 17.1 Å². The van der Waals surface area contributed by atoms with Crippen molar-refractivity contribution in [3.63, 3.8) is 0 Å². The molecule has 3 rings (SSSR count). The molecule has 3 aromatic rings. The third-order valence-electron chi connectivity index (χ3n) is 4.45. The van der Waals surface area contributed by atoms with Crippen molar-refractivity contribution in [3.05, 3.63) is 41.0 Å². The Morgan fingerprint density at radius 2 is 2.00 bits per heavy atom. The van der Waals surface area contributed by atoms with Gasteiger partial charge in [-0.3, -0.25) is 9.89 Å². The predicted octanol–water partition coefficient (Wildman–Crippen LogP) is 3.48. The second-order valence-electron chi connectivity index (χ2n) is 7.90. The fourth-order valence-corrected chi connectivity index (χ4v) is 2.76. The largest absolute Gasteiger partial charge is 0.433 e. The lowest BCUT2D eigenvalue weighted by Crippen LogP contribution is -2.36. The van der Waals surface area contributed by atoms with E-state index in [1.807, 2.05) is 58.2 Å². The summed E-state index contributed by atoms with van der Waals surface area (Å²) in [5, 5.41) is 6.25. The number of nitrogens with one attached hydrogen (secondary N) is 2. The van der Waals surface area contributed by atoms with Gasteiger partial charge in [-0.2, -0.15) is 0 Å². The van der Waals surface area contributed by atoms with Crippen molar-refractivity contribution in [1.29, 1.82) is 0 Å². The maximum absolute atomic E-state index is 12.0. The average molecular weight is 369 g/mol. The fraction of sp³-hybridized carbons (Fsp3) is 0.450. The van der Waals surface area contributed by atoms with E-state index in [1.165, 1.54) is 0 Å². The number of aromatic nitrogens is 4. The summed E-state index contributed by atoms with van der Waals surface area (Å²) < 4.78 is 7.89. The zero-order valence-corrected chi connectivity index (χ0v) is 16.8. The van der Waals surface area contributed by atoms with Gasteiger partial charge in [-0.05, 0) is 26.3 Å². The Balaban J connectivity index is 1.79. The Morgan fingerprint density at radius 3 is 2.63 bits per heavy atom. The lowest BCUT2D eigenvalue weighted by Gasteiger charge is -2.17. The zero-order valence-electron chi connectivity index (χ0n) is 16.8. The fourth-order valence-electron chi connectivity index (χ4n) is 2.76. The Bertz CT molecular complexity index is 961. The van der Waals surface area contributed by atoms with Crippen LogP contribution >= 0.6 is 0 Å². The monoisotopic (exact) mass is 369 g/mol. The van der Waals surface area contributed by atoms with E-state index in [-0.39, 0.29) is 5.91 Å². The summed E-state index contributed by atoms with van der Waals surface area (Å²) in [4.78, 5) is 21.1. The van der Waals surface area contributed by atoms with Gasteiger partial charge in [0, 0.05) is 30.6 Å². The number of hydrogen-bond acceptors (Lipinski definition) is 4. The minimum absolute atomic E-state index is 0.0373. The van der Waals surface area contributed by atoms with Crippen molar-refractivity contribution in [1.82, 2.24) is 24.9 Å². The van der Waals surface area contributed by atoms with Crippen LogP contribution in [0.5, 0.6) is 11.6 Å². The lowest BCUT2D eigenvalue weighted by atomic mass is 9.96. The molecule has 2 N–H and O–H groups in total. The molecular weight excluding hydrogens is 342 g/mol. The maximum Gasteiger partial charge on any atom is 0.225 e. The van der Waals surface area contributed by atoms with Gasteiger partial charge in [-0.1, -0.05) is 26.8 Å². The van der Waals surface area contributed by atoms with Crippen LogP contribution in [-0.4, -0.2) is 32.0 Å². The highest BCUT2D eigenvalue weighted by Gasteiger charge is 2.22. The smallest absolute Gasteiger partial charge is 0.225 e. The van der Waals surface area contributed by atoms with Crippen LogP contribution in [0.25, 0.3) is 5.65 Å². The number of ether oxygens (including phenoxy) is 1. The first kappa shape index (κ1) is 18.9. The van der Waals surface area contributed by atoms with Crippen molar-refractivity contribution in [3.8, 4) is 11.6 Å². The first-order valence-corrected chi connectivity index (χ1v) is 9.12. The molecule has 3 heterocycles. The normalized spacial score (nSPS) is 11.8. The highest BCUT2D eigenvalue weighted by molar-refractivity contribution is 5.81. The quantitative estimate of drug-likeness (QED) is 0.721. The number of carbonyl (C=O) groups is 1. The minimum atomic E-state index is -0.394. The Hall–Kier alpha value is -2.83. The molecule has 27 heavy (non-hydrogen) atoms. The van der Waals surface area contributed by atoms with Crippen molar-refractivity contribution in [2.24, 2.45) is 5.41 Å². The van der Waals surface area contributed by atoms with Crippen LogP contribution in [0.4, 0.5) is 0 Å². The summed E-state index contributed by atoms with van der Waals surface area (Å²) in [5.41, 5.74) is 4.23. The summed E-state index contributed by atoms with van der Waals surface area (Å²) in [7, 11) is 0. The molecule has 3 aromatic heterocycles. The maximum atomic E-state index is 12.0. The first-order valence-electron chi connectivity index (χ1n) is 9.12. The van der Waals surface area contributed by atoms with Crippen LogP contribution in [0.1, 0.15) is 43.4 Å². The van der Waals surface area contributed by atoms with Gasteiger partial charge < -0.3 is 10.1 Å². The first-order chi connectivity index (χ1) is 12.7. The number of imidazole rings is 1. The molecule has 0 aliphatic carbocycles. The van der Waals surface area contributed by atoms with E-state index in [0.29, 0.717) is 24.6 Å². The van der Waals surface area contributed by atoms with Crippen LogP contribution in [0.3, 0.4) is 0 Å². The van der Waals surface area contributed by atoms with Gasteiger partial charge in [0.1, 0.15) is 0 Å². The van der Waals surface area contributed by atoms with Crippen molar-refractivity contribution in [2.45, 2.75) is 48.0 Å². The third kappa shape index (κ3) is 3.97. The summed E-state index contributed by atoms with van der Waals surface area (Å²) >= 11 is 0. The molecule has 0 aliphatic rings. The molecule has 0 unspecified atom stereocenters. The number of aryl methyl sites for hydroxylation is 3. The number of aromatic amines is 1. The SMILES string of the molecule is Cc1ccc(Oc2c(C)[nH]n3c(C)c(CCNC(=O)C(C)(C)C)nc23)nc1. The van der Waals surface area contributed by atoms with E-state index in [1.54, 1.807) is 6.20 Å². The molecule has 0 fully saturated rings. The highest BCUT2D eigenvalue weighted by atomic mass is 16.5. The van der Waals surface area contributed by atoms with Crippen molar-refractivity contribution in [2.75, 3.05) is 6.54 Å². The molecule has 0 bridgehead atoms. The van der Waals surface area contributed by atoms with Crippen molar-refractivity contribution < 1.29 is 9.53 Å².